The molecule has 2 aliphatic rings. The van der Waals surface area contributed by atoms with Gasteiger partial charge in [-0.3, -0.25) is 19.0 Å². The van der Waals surface area contributed by atoms with E-state index in [9.17, 15) is 9.59 Å². The lowest BCUT2D eigenvalue weighted by atomic mass is 9.97. The highest BCUT2D eigenvalue weighted by atomic mass is 16.7. The van der Waals surface area contributed by atoms with Crippen LogP contribution in [-0.4, -0.2) is 52.9 Å². The summed E-state index contributed by atoms with van der Waals surface area (Å²) in [6.07, 6.45) is 2.60. The Morgan fingerprint density at radius 3 is 2.72 bits per heavy atom. The van der Waals surface area contributed by atoms with Crippen molar-refractivity contribution in [2.75, 3.05) is 20.3 Å². The second kappa shape index (κ2) is 8.16. The van der Waals surface area contributed by atoms with Crippen LogP contribution in [0.5, 0.6) is 0 Å². The molecule has 0 radical (unpaired) electrons. The molecule has 5 aromatic rings. The minimum absolute atomic E-state index is 0.0277. The van der Waals surface area contributed by atoms with E-state index in [2.05, 4.69) is 16.4 Å². The van der Waals surface area contributed by atoms with E-state index in [0.29, 0.717) is 18.7 Å². The van der Waals surface area contributed by atoms with Crippen molar-refractivity contribution >= 4 is 55.4 Å². The summed E-state index contributed by atoms with van der Waals surface area (Å²) in [5.41, 5.74) is 4.97. The molecule has 1 amide bonds. The van der Waals surface area contributed by atoms with Crippen molar-refractivity contribution in [1.82, 2.24) is 19.9 Å². The molecule has 0 aliphatic carbocycles. The summed E-state index contributed by atoms with van der Waals surface area (Å²) in [6.45, 7) is 1.15. The summed E-state index contributed by atoms with van der Waals surface area (Å²) < 4.78 is 7.64. The highest BCUT2D eigenvalue weighted by Crippen LogP contribution is 2.43. The first kappa shape index (κ1) is 21.6. The zero-order valence-electron chi connectivity index (χ0n) is 20.0. The topological polar surface area (TPSA) is 88.6 Å². The maximum atomic E-state index is 14.1. The van der Waals surface area contributed by atoms with E-state index < -0.39 is 0 Å². The fraction of sp³-hybridized carbons (Fsp3) is 0.286. The molecular weight excluding hydrogens is 456 g/mol. The van der Waals surface area contributed by atoms with Crippen LogP contribution in [-0.2, 0) is 16.1 Å². The van der Waals surface area contributed by atoms with Gasteiger partial charge in [-0.15, -0.1) is 0 Å². The van der Waals surface area contributed by atoms with Gasteiger partial charge in [0.25, 0.3) is 5.91 Å². The molecule has 1 atom stereocenters. The summed E-state index contributed by atoms with van der Waals surface area (Å²) >= 11 is 0. The number of carbonyl (C=O) groups excluding carboxylic acids is 2. The molecule has 1 saturated heterocycles. The number of hydroxylamine groups is 2. The summed E-state index contributed by atoms with van der Waals surface area (Å²) in [5, 5.41) is 8.37. The monoisotopic (exact) mass is 482 g/mol. The highest BCUT2D eigenvalue weighted by Gasteiger charge is 2.33. The number of carbonyl (C=O) groups is 2. The van der Waals surface area contributed by atoms with E-state index in [4.69, 9.17) is 9.57 Å². The molecule has 0 spiro atoms. The molecule has 7 rings (SSSR count). The molecule has 2 aliphatic heterocycles. The normalized spacial score (nSPS) is 18.1. The first-order chi connectivity index (χ1) is 17.7. The van der Waals surface area contributed by atoms with Crippen LogP contribution < -0.4 is 5.32 Å². The number of nitrogens with one attached hydrogen (secondary N) is 2. The molecule has 0 saturated carbocycles. The van der Waals surface area contributed by atoms with Crippen molar-refractivity contribution in [2.45, 2.75) is 32.0 Å². The number of fused-ring (bicyclic) bond motifs is 10. The van der Waals surface area contributed by atoms with Gasteiger partial charge >= 0.3 is 0 Å². The zero-order chi connectivity index (χ0) is 24.4. The first-order valence-electron chi connectivity index (χ1n) is 12.4. The minimum Gasteiger partial charge on any atom is -0.361 e. The molecule has 36 heavy (non-hydrogen) atoms. The Hall–Kier alpha value is -3.72. The van der Waals surface area contributed by atoms with Gasteiger partial charge in [0.05, 0.1) is 29.2 Å². The third-order valence-corrected chi connectivity index (χ3v) is 7.58. The lowest BCUT2D eigenvalue weighted by Gasteiger charge is -2.31. The lowest BCUT2D eigenvalue weighted by molar-refractivity contribution is -0.240. The Kier molecular flexibility index (Phi) is 4.89. The second-order valence-electron chi connectivity index (χ2n) is 9.51. The van der Waals surface area contributed by atoms with Crippen LogP contribution in [0.25, 0.3) is 43.6 Å². The highest BCUT2D eigenvalue weighted by molar-refractivity contribution is 6.32. The predicted octanol–water partition coefficient (Wildman–Crippen LogP) is 4.70. The summed E-state index contributed by atoms with van der Waals surface area (Å²) in [6, 6.07) is 15.9. The van der Waals surface area contributed by atoms with Crippen molar-refractivity contribution in [3.05, 3.63) is 59.7 Å². The number of ether oxygens (including phenoxy) is 1. The largest absolute Gasteiger partial charge is 0.361 e. The Balaban J connectivity index is 1.53. The number of para-hydroxylation sites is 2. The van der Waals surface area contributed by atoms with E-state index in [1.165, 1.54) is 0 Å². The van der Waals surface area contributed by atoms with Crippen molar-refractivity contribution in [1.29, 1.82) is 0 Å². The van der Waals surface area contributed by atoms with Gasteiger partial charge in [-0.1, -0.05) is 36.4 Å². The second-order valence-corrected chi connectivity index (χ2v) is 9.51. The number of aromatic amines is 1. The first-order valence-corrected chi connectivity index (χ1v) is 12.4. The van der Waals surface area contributed by atoms with Gasteiger partial charge in [0, 0.05) is 40.2 Å². The van der Waals surface area contributed by atoms with Crippen molar-refractivity contribution < 1.29 is 19.2 Å². The smallest absolute Gasteiger partial charge is 0.252 e. The van der Waals surface area contributed by atoms with Gasteiger partial charge in [-0.2, -0.15) is 5.06 Å². The van der Waals surface area contributed by atoms with Crippen molar-refractivity contribution in [3.8, 4) is 0 Å². The molecule has 182 valence electrons. The fourth-order valence-electron chi connectivity index (χ4n) is 6.02. The van der Waals surface area contributed by atoms with Gasteiger partial charge < -0.3 is 15.0 Å². The number of hydrogen-bond donors (Lipinski definition) is 2. The van der Waals surface area contributed by atoms with Gasteiger partial charge in [0.2, 0.25) is 5.91 Å². The number of hydrogen-bond acceptors (Lipinski definition) is 5. The molecule has 1 fully saturated rings. The SMILES string of the molecule is CON(CC(=O)n1c2ccccc2c2c3c(c4c5ccccc5[nH]c4c21)CNC3=O)[C@H]1CCCCO1. The van der Waals surface area contributed by atoms with Gasteiger partial charge in [-0.05, 0) is 37.0 Å². The third-order valence-electron chi connectivity index (χ3n) is 7.58. The molecule has 2 aromatic heterocycles. The van der Waals surface area contributed by atoms with Crippen LogP contribution in [0, 0.1) is 0 Å². The maximum absolute atomic E-state index is 14.1. The van der Waals surface area contributed by atoms with Crippen LogP contribution >= 0.6 is 0 Å². The summed E-state index contributed by atoms with van der Waals surface area (Å²) in [5.74, 6) is -0.248. The van der Waals surface area contributed by atoms with Crippen molar-refractivity contribution in [2.24, 2.45) is 0 Å². The Morgan fingerprint density at radius 2 is 1.92 bits per heavy atom. The minimum atomic E-state index is -0.260. The molecule has 3 aromatic carbocycles. The van der Waals surface area contributed by atoms with E-state index in [1.807, 2.05) is 42.5 Å². The maximum Gasteiger partial charge on any atom is 0.252 e. The number of benzene rings is 3. The molecule has 2 N–H and O–H groups in total. The van der Waals surface area contributed by atoms with E-state index in [-0.39, 0.29) is 24.6 Å². The standard InChI is InChI=1S/C28H26N4O4/c1-35-31(22-12-6-7-13-36-22)15-21(33)32-20-11-5-3-9-17(20)24-25-18(14-29-28(25)34)23-16-8-2-4-10-19(16)30-26(23)27(24)32/h2-5,8-11,22,30H,6-7,12-15H2,1H3,(H,29,34)/t22-/m1/s1. The molecule has 4 heterocycles. The summed E-state index contributed by atoms with van der Waals surface area (Å²) in [7, 11) is 1.57. The number of rotatable bonds is 4. The molecular formula is C28H26N4O4. The predicted molar refractivity (Wildman–Crippen MR) is 138 cm³/mol. The summed E-state index contributed by atoms with van der Waals surface area (Å²) in [4.78, 5) is 36.4. The van der Waals surface area contributed by atoms with Crippen LogP contribution in [0.4, 0.5) is 0 Å². The van der Waals surface area contributed by atoms with Crippen LogP contribution in [0.2, 0.25) is 0 Å². The van der Waals surface area contributed by atoms with Gasteiger partial charge in [0.15, 0.2) is 0 Å². The zero-order valence-corrected chi connectivity index (χ0v) is 20.0. The third kappa shape index (κ3) is 2.98. The lowest BCUT2D eigenvalue weighted by Crippen LogP contribution is -2.42. The fourth-order valence-corrected chi connectivity index (χ4v) is 6.02. The number of nitrogens with zero attached hydrogens (tertiary/aromatic N) is 2. The van der Waals surface area contributed by atoms with Gasteiger partial charge in [0.1, 0.15) is 12.8 Å². The molecule has 8 nitrogen and oxygen atoms in total. The van der Waals surface area contributed by atoms with E-state index >= 15 is 0 Å². The van der Waals surface area contributed by atoms with Crippen LogP contribution in [0.15, 0.2) is 48.5 Å². The Bertz CT molecular complexity index is 1690. The quantitative estimate of drug-likeness (QED) is 0.363. The molecule has 0 bridgehead atoms. The number of H-pyrrole nitrogens is 1. The van der Waals surface area contributed by atoms with E-state index in [1.54, 1.807) is 16.7 Å². The van der Waals surface area contributed by atoms with Gasteiger partial charge in [-0.25, -0.2) is 0 Å². The van der Waals surface area contributed by atoms with Crippen molar-refractivity contribution in [3.63, 3.8) is 0 Å². The van der Waals surface area contributed by atoms with E-state index in [0.717, 1.165) is 68.4 Å². The number of aromatic nitrogens is 2. The average Bonchev–Trinajstić information content (AvgIpc) is 3.59. The Labute approximate surface area is 206 Å². The average molecular weight is 483 g/mol. The molecule has 0 unspecified atom stereocenters. The molecule has 8 heteroatoms. The number of amides is 1. The van der Waals surface area contributed by atoms with Crippen LogP contribution in [0.3, 0.4) is 0 Å². The Morgan fingerprint density at radius 1 is 1.11 bits per heavy atom. The van der Waals surface area contributed by atoms with Crippen LogP contribution in [0.1, 0.15) is 40.0 Å².